The molecule has 2 N–H and O–H groups in total. The summed E-state index contributed by atoms with van der Waals surface area (Å²) in [7, 11) is 0. The average molecular weight is 343 g/mol. The number of benzene rings is 1. The number of rotatable bonds is 2. The van der Waals surface area contributed by atoms with Crippen molar-refractivity contribution < 1.29 is 9.59 Å². The lowest BCUT2D eigenvalue weighted by Gasteiger charge is -2.15. The van der Waals surface area contributed by atoms with E-state index < -0.39 is 6.04 Å². The number of anilines is 1. The van der Waals surface area contributed by atoms with Crippen LogP contribution < -0.4 is 10.6 Å². The fraction of sp³-hybridized carbons (Fsp3) is 0.385. The van der Waals surface area contributed by atoms with Crippen molar-refractivity contribution in [2.45, 2.75) is 19.4 Å². The predicted octanol–water partition coefficient (Wildman–Crippen LogP) is 2.32. The third-order valence-electron chi connectivity index (χ3n) is 2.84. The van der Waals surface area contributed by atoms with E-state index in [2.05, 4.69) is 26.6 Å². The van der Waals surface area contributed by atoms with Gasteiger partial charge in [0.15, 0.2) is 0 Å². The Morgan fingerprint density at radius 3 is 3.05 bits per heavy atom. The summed E-state index contributed by atoms with van der Waals surface area (Å²) in [5.74, 6) is 1.17. The fourth-order valence-corrected chi connectivity index (χ4v) is 2.98. The van der Waals surface area contributed by atoms with Crippen molar-refractivity contribution in [3.8, 4) is 0 Å². The van der Waals surface area contributed by atoms with Gasteiger partial charge in [0, 0.05) is 28.1 Å². The predicted molar refractivity (Wildman–Crippen MR) is 81.4 cm³/mol. The maximum atomic E-state index is 12.1. The molecule has 1 saturated heterocycles. The first-order valence-corrected chi connectivity index (χ1v) is 7.95. The molecule has 1 heterocycles. The Kier molecular flexibility index (Phi) is 4.87. The molecule has 1 fully saturated rings. The monoisotopic (exact) mass is 342 g/mol. The zero-order chi connectivity index (χ0) is 13.8. The van der Waals surface area contributed by atoms with Crippen LogP contribution in [0.1, 0.15) is 12.0 Å². The summed E-state index contributed by atoms with van der Waals surface area (Å²) in [5.41, 5.74) is 1.80. The lowest BCUT2D eigenvalue weighted by Crippen LogP contribution is -2.44. The van der Waals surface area contributed by atoms with Crippen LogP contribution in [0.3, 0.4) is 0 Å². The van der Waals surface area contributed by atoms with Crippen LogP contribution in [0.2, 0.25) is 0 Å². The normalized spacial score (nSPS) is 19.5. The zero-order valence-electron chi connectivity index (χ0n) is 10.5. The summed E-state index contributed by atoms with van der Waals surface area (Å²) in [4.78, 5) is 23.5. The van der Waals surface area contributed by atoms with Gasteiger partial charge in [0.1, 0.15) is 6.04 Å². The number of aryl methyl sites for hydroxylation is 1. The van der Waals surface area contributed by atoms with Crippen molar-refractivity contribution in [3.05, 3.63) is 28.2 Å². The Morgan fingerprint density at radius 1 is 1.53 bits per heavy atom. The molecule has 6 heteroatoms. The largest absolute Gasteiger partial charge is 0.343 e. The van der Waals surface area contributed by atoms with Gasteiger partial charge in [-0.3, -0.25) is 9.59 Å². The van der Waals surface area contributed by atoms with E-state index in [1.54, 1.807) is 11.8 Å². The molecule has 1 aromatic carbocycles. The number of hydrogen-bond donors (Lipinski definition) is 2. The van der Waals surface area contributed by atoms with E-state index in [4.69, 9.17) is 0 Å². The molecule has 0 aromatic heterocycles. The van der Waals surface area contributed by atoms with Crippen molar-refractivity contribution in [2.75, 3.05) is 16.8 Å². The van der Waals surface area contributed by atoms with Gasteiger partial charge in [-0.2, -0.15) is 11.8 Å². The number of halogens is 1. The van der Waals surface area contributed by atoms with Crippen LogP contribution in [-0.2, 0) is 9.59 Å². The fourth-order valence-electron chi connectivity index (χ4n) is 1.77. The molecule has 0 bridgehead atoms. The second-order valence-electron chi connectivity index (χ2n) is 4.40. The van der Waals surface area contributed by atoms with Crippen molar-refractivity contribution in [1.82, 2.24) is 5.32 Å². The minimum atomic E-state index is -0.455. The van der Waals surface area contributed by atoms with E-state index in [1.165, 1.54) is 0 Å². The van der Waals surface area contributed by atoms with E-state index in [-0.39, 0.29) is 11.8 Å². The van der Waals surface area contributed by atoms with Gasteiger partial charge in [0.05, 0.1) is 0 Å². The van der Waals surface area contributed by atoms with Crippen molar-refractivity contribution in [1.29, 1.82) is 0 Å². The molecular weight excluding hydrogens is 328 g/mol. The Morgan fingerprint density at radius 2 is 2.32 bits per heavy atom. The standard InChI is InChI=1S/C13H15BrN2O2S/c1-8-6-9(2-3-10(8)14)15-13(18)11-7-19-5-4-12(17)16-11/h2-3,6,11H,4-5,7H2,1H3,(H,15,18)(H,16,17)/t11-/m1/s1. The molecule has 0 aliphatic carbocycles. The van der Waals surface area contributed by atoms with Gasteiger partial charge in [-0.25, -0.2) is 0 Å². The molecule has 102 valence electrons. The van der Waals surface area contributed by atoms with Crippen LogP contribution in [0.5, 0.6) is 0 Å². The first-order valence-electron chi connectivity index (χ1n) is 6.00. The number of thioether (sulfide) groups is 1. The second-order valence-corrected chi connectivity index (χ2v) is 6.40. The molecule has 19 heavy (non-hydrogen) atoms. The molecule has 2 amide bonds. The lowest BCUT2D eigenvalue weighted by atomic mass is 10.2. The van der Waals surface area contributed by atoms with Crippen LogP contribution in [0.4, 0.5) is 5.69 Å². The van der Waals surface area contributed by atoms with E-state index in [1.807, 2.05) is 25.1 Å². The summed E-state index contributed by atoms with van der Waals surface area (Å²) in [5, 5.41) is 5.58. The van der Waals surface area contributed by atoms with Gasteiger partial charge in [-0.05, 0) is 30.7 Å². The average Bonchev–Trinajstić information content (AvgIpc) is 2.58. The Bertz CT molecular complexity index is 507. The first-order chi connectivity index (χ1) is 9.06. The molecule has 1 aromatic rings. The highest BCUT2D eigenvalue weighted by Gasteiger charge is 2.23. The molecular formula is C13H15BrN2O2S. The van der Waals surface area contributed by atoms with Crippen LogP contribution in [0.15, 0.2) is 22.7 Å². The van der Waals surface area contributed by atoms with Gasteiger partial charge in [-0.15, -0.1) is 0 Å². The van der Waals surface area contributed by atoms with Crippen LogP contribution in [0.25, 0.3) is 0 Å². The summed E-state index contributed by atoms with van der Waals surface area (Å²) >= 11 is 5.04. The van der Waals surface area contributed by atoms with Crippen LogP contribution in [-0.4, -0.2) is 29.4 Å². The molecule has 0 spiro atoms. The summed E-state index contributed by atoms with van der Waals surface area (Å²) in [6.45, 7) is 1.96. The highest BCUT2D eigenvalue weighted by molar-refractivity contribution is 9.10. The quantitative estimate of drug-likeness (QED) is 0.867. The van der Waals surface area contributed by atoms with Gasteiger partial charge in [0.2, 0.25) is 11.8 Å². The van der Waals surface area contributed by atoms with E-state index >= 15 is 0 Å². The maximum absolute atomic E-state index is 12.1. The number of carbonyl (C=O) groups excluding carboxylic acids is 2. The van der Waals surface area contributed by atoms with Crippen LogP contribution in [0, 0.1) is 6.92 Å². The molecule has 1 atom stereocenters. The number of carbonyl (C=O) groups is 2. The SMILES string of the molecule is Cc1cc(NC(=O)[C@H]2CSCCC(=O)N2)ccc1Br. The maximum Gasteiger partial charge on any atom is 0.247 e. The highest BCUT2D eigenvalue weighted by Crippen LogP contribution is 2.20. The molecule has 0 unspecified atom stereocenters. The van der Waals surface area contributed by atoms with Crippen molar-refractivity contribution >= 4 is 45.2 Å². The topological polar surface area (TPSA) is 58.2 Å². The van der Waals surface area contributed by atoms with E-state index in [0.717, 1.165) is 21.5 Å². The minimum absolute atomic E-state index is 0.0582. The van der Waals surface area contributed by atoms with E-state index in [0.29, 0.717) is 12.2 Å². The van der Waals surface area contributed by atoms with Gasteiger partial charge in [0.25, 0.3) is 0 Å². The van der Waals surface area contributed by atoms with Crippen LogP contribution >= 0.6 is 27.7 Å². The zero-order valence-corrected chi connectivity index (χ0v) is 12.9. The lowest BCUT2D eigenvalue weighted by molar-refractivity contribution is -0.125. The Balaban J connectivity index is 2.03. The van der Waals surface area contributed by atoms with E-state index in [9.17, 15) is 9.59 Å². The molecule has 4 nitrogen and oxygen atoms in total. The van der Waals surface area contributed by atoms with Gasteiger partial charge >= 0.3 is 0 Å². The molecule has 1 aliphatic heterocycles. The van der Waals surface area contributed by atoms with Crippen molar-refractivity contribution in [2.24, 2.45) is 0 Å². The second kappa shape index (κ2) is 6.43. The molecule has 0 radical (unpaired) electrons. The molecule has 1 aliphatic rings. The third kappa shape index (κ3) is 3.98. The minimum Gasteiger partial charge on any atom is -0.343 e. The Hall–Kier alpha value is -1.01. The summed E-state index contributed by atoms with van der Waals surface area (Å²) in [6, 6.07) is 5.17. The summed E-state index contributed by atoms with van der Waals surface area (Å²) < 4.78 is 1.00. The number of amides is 2. The third-order valence-corrected chi connectivity index (χ3v) is 4.79. The first kappa shape index (κ1) is 14.4. The number of hydrogen-bond acceptors (Lipinski definition) is 3. The molecule has 0 saturated carbocycles. The smallest absolute Gasteiger partial charge is 0.247 e. The van der Waals surface area contributed by atoms with Crippen molar-refractivity contribution in [3.63, 3.8) is 0 Å². The number of nitrogens with one attached hydrogen (secondary N) is 2. The Labute approximate surface area is 124 Å². The summed E-state index contributed by atoms with van der Waals surface area (Å²) in [6.07, 6.45) is 0.478. The van der Waals surface area contributed by atoms with Gasteiger partial charge in [-0.1, -0.05) is 15.9 Å². The molecule has 2 rings (SSSR count). The highest BCUT2D eigenvalue weighted by atomic mass is 79.9. The van der Waals surface area contributed by atoms with Gasteiger partial charge < -0.3 is 10.6 Å².